The Balaban J connectivity index is 1.72. The van der Waals surface area contributed by atoms with Crippen molar-refractivity contribution >= 4 is 5.91 Å². The lowest BCUT2D eigenvalue weighted by Crippen LogP contribution is -2.27. The van der Waals surface area contributed by atoms with Crippen molar-refractivity contribution in [2.45, 2.75) is 46.1 Å². The molecule has 1 aromatic heterocycles. The number of aromatic amines is 1. The molecule has 2 aromatic rings. The van der Waals surface area contributed by atoms with E-state index in [9.17, 15) is 4.79 Å². The van der Waals surface area contributed by atoms with E-state index in [1.54, 1.807) is 6.20 Å². The second kappa shape index (κ2) is 8.36. The molecule has 0 fully saturated rings. The Hall–Kier alpha value is -2.30. The maximum Gasteiger partial charge on any atom is 0.227 e. The molecule has 5 nitrogen and oxygen atoms in total. The van der Waals surface area contributed by atoms with Gasteiger partial charge in [-0.15, -0.1) is 0 Å². The van der Waals surface area contributed by atoms with E-state index in [4.69, 9.17) is 4.74 Å². The summed E-state index contributed by atoms with van der Waals surface area (Å²) >= 11 is 0. The molecule has 0 saturated carbocycles. The van der Waals surface area contributed by atoms with Gasteiger partial charge in [0.15, 0.2) is 0 Å². The van der Waals surface area contributed by atoms with Crippen molar-refractivity contribution in [3.05, 3.63) is 47.5 Å². The summed E-state index contributed by atoms with van der Waals surface area (Å²) in [7, 11) is 0. The highest BCUT2D eigenvalue weighted by Gasteiger charge is 2.06. The molecule has 0 saturated heterocycles. The summed E-state index contributed by atoms with van der Waals surface area (Å²) in [5.74, 6) is 1.58. The third kappa shape index (κ3) is 5.77. The molecule has 2 rings (SSSR count). The monoisotopic (exact) mass is 315 g/mol. The van der Waals surface area contributed by atoms with Gasteiger partial charge < -0.3 is 15.0 Å². The van der Waals surface area contributed by atoms with Crippen LogP contribution in [0.4, 0.5) is 0 Å². The molecule has 1 heterocycles. The fourth-order valence-electron chi connectivity index (χ4n) is 2.24. The van der Waals surface area contributed by atoms with Crippen LogP contribution >= 0.6 is 0 Å². The molecule has 2 N–H and O–H groups in total. The first-order valence-electron chi connectivity index (χ1n) is 8.12. The number of benzene rings is 1. The number of hydrogen-bond donors (Lipinski definition) is 2. The molecule has 23 heavy (non-hydrogen) atoms. The van der Waals surface area contributed by atoms with Crippen molar-refractivity contribution in [3.63, 3.8) is 0 Å². The predicted molar refractivity (Wildman–Crippen MR) is 90.6 cm³/mol. The van der Waals surface area contributed by atoms with E-state index in [0.717, 1.165) is 30.1 Å². The van der Waals surface area contributed by atoms with Gasteiger partial charge in [0.2, 0.25) is 5.91 Å². The van der Waals surface area contributed by atoms with Crippen LogP contribution in [-0.4, -0.2) is 28.5 Å². The molecule has 0 bridgehead atoms. The van der Waals surface area contributed by atoms with Crippen molar-refractivity contribution < 1.29 is 9.53 Å². The summed E-state index contributed by atoms with van der Waals surface area (Å²) < 4.78 is 5.61. The van der Waals surface area contributed by atoms with Gasteiger partial charge in [0.05, 0.1) is 12.5 Å². The number of aryl methyl sites for hydroxylation is 1. The molecule has 0 aliphatic heterocycles. The zero-order valence-corrected chi connectivity index (χ0v) is 14.1. The Labute approximate surface area is 137 Å². The maximum atomic E-state index is 11.9. The minimum atomic E-state index is -0.0123. The molecule has 5 heteroatoms. The zero-order valence-electron chi connectivity index (χ0n) is 14.1. The van der Waals surface area contributed by atoms with E-state index in [2.05, 4.69) is 22.2 Å². The Morgan fingerprint density at radius 2 is 2.04 bits per heavy atom. The summed E-state index contributed by atoms with van der Waals surface area (Å²) in [6.45, 7) is 6.68. The number of nitrogens with one attached hydrogen (secondary N) is 2. The van der Waals surface area contributed by atoms with Gasteiger partial charge in [-0.3, -0.25) is 4.79 Å². The van der Waals surface area contributed by atoms with Crippen LogP contribution in [0.1, 0.15) is 37.9 Å². The number of carbonyl (C=O) groups is 1. The van der Waals surface area contributed by atoms with Crippen molar-refractivity contribution in [2.24, 2.45) is 0 Å². The standard InChI is InChI=1S/C18H25N3O2/c1-4-15-12-20-17(21-15)11-18(22)19-10-9-14-5-7-16(8-6-14)23-13(2)3/h5-8,12-13H,4,9-11H2,1-3H3,(H,19,22)(H,20,21). The van der Waals surface area contributed by atoms with Crippen LogP contribution in [0.5, 0.6) is 5.75 Å². The van der Waals surface area contributed by atoms with Gasteiger partial charge in [0.1, 0.15) is 11.6 Å². The van der Waals surface area contributed by atoms with E-state index < -0.39 is 0 Å². The topological polar surface area (TPSA) is 67.0 Å². The average Bonchev–Trinajstić information content (AvgIpc) is 2.96. The van der Waals surface area contributed by atoms with Crippen molar-refractivity contribution in [1.82, 2.24) is 15.3 Å². The minimum Gasteiger partial charge on any atom is -0.491 e. The molecule has 0 spiro atoms. The normalized spacial score (nSPS) is 10.8. The second-order valence-corrected chi connectivity index (χ2v) is 5.80. The molecule has 124 valence electrons. The predicted octanol–water partition coefficient (Wildman–Crippen LogP) is 2.66. The Morgan fingerprint density at radius 3 is 2.65 bits per heavy atom. The first-order valence-corrected chi connectivity index (χ1v) is 8.12. The highest BCUT2D eigenvalue weighted by atomic mass is 16.5. The van der Waals surface area contributed by atoms with Gasteiger partial charge in [-0.2, -0.15) is 0 Å². The van der Waals surface area contributed by atoms with Gasteiger partial charge in [-0.05, 0) is 44.4 Å². The van der Waals surface area contributed by atoms with E-state index in [1.807, 2.05) is 38.1 Å². The molecular formula is C18H25N3O2. The summed E-state index contributed by atoms with van der Waals surface area (Å²) in [6.07, 6.45) is 3.94. The molecule has 0 aliphatic carbocycles. The van der Waals surface area contributed by atoms with Crippen LogP contribution in [0.15, 0.2) is 30.5 Å². The lowest BCUT2D eigenvalue weighted by Gasteiger charge is -2.10. The fourth-order valence-corrected chi connectivity index (χ4v) is 2.24. The molecule has 0 aliphatic rings. The first kappa shape index (κ1) is 17.1. The third-order valence-electron chi connectivity index (χ3n) is 3.42. The first-order chi connectivity index (χ1) is 11.1. The fraction of sp³-hybridized carbons (Fsp3) is 0.444. The number of nitrogens with zero attached hydrogens (tertiary/aromatic N) is 1. The smallest absolute Gasteiger partial charge is 0.227 e. The summed E-state index contributed by atoms with van der Waals surface area (Å²) in [6, 6.07) is 7.99. The summed E-state index contributed by atoms with van der Waals surface area (Å²) in [5, 5.41) is 2.92. The van der Waals surface area contributed by atoms with E-state index >= 15 is 0 Å². The summed E-state index contributed by atoms with van der Waals surface area (Å²) in [5.41, 5.74) is 2.23. The SMILES string of the molecule is CCc1cnc(CC(=O)NCCc2ccc(OC(C)C)cc2)[nH]1. The highest BCUT2D eigenvalue weighted by Crippen LogP contribution is 2.13. The second-order valence-electron chi connectivity index (χ2n) is 5.80. The third-order valence-corrected chi connectivity index (χ3v) is 3.42. The Bertz CT molecular complexity index is 617. The van der Waals surface area contributed by atoms with Gasteiger partial charge in [0, 0.05) is 18.4 Å². The van der Waals surface area contributed by atoms with Crippen molar-refractivity contribution in [3.8, 4) is 5.75 Å². The van der Waals surface area contributed by atoms with Gasteiger partial charge >= 0.3 is 0 Å². The number of imidazole rings is 1. The van der Waals surface area contributed by atoms with Crippen LogP contribution in [-0.2, 0) is 24.1 Å². The van der Waals surface area contributed by atoms with Crippen molar-refractivity contribution in [2.75, 3.05) is 6.54 Å². The Morgan fingerprint density at radius 1 is 1.30 bits per heavy atom. The van der Waals surface area contributed by atoms with Crippen LogP contribution in [0.2, 0.25) is 0 Å². The van der Waals surface area contributed by atoms with Crippen LogP contribution in [0.3, 0.4) is 0 Å². The molecule has 0 atom stereocenters. The number of H-pyrrole nitrogens is 1. The lowest BCUT2D eigenvalue weighted by molar-refractivity contribution is -0.120. The molecule has 1 aromatic carbocycles. The van der Waals surface area contributed by atoms with Gasteiger partial charge in [-0.25, -0.2) is 4.98 Å². The number of rotatable bonds is 8. The van der Waals surface area contributed by atoms with E-state index in [1.165, 1.54) is 5.56 Å². The number of aromatic nitrogens is 2. The quantitative estimate of drug-likeness (QED) is 0.787. The van der Waals surface area contributed by atoms with Crippen LogP contribution in [0.25, 0.3) is 0 Å². The Kier molecular flexibility index (Phi) is 6.20. The van der Waals surface area contributed by atoms with Gasteiger partial charge in [0.25, 0.3) is 0 Å². The maximum absolute atomic E-state index is 11.9. The largest absolute Gasteiger partial charge is 0.491 e. The molecule has 0 unspecified atom stereocenters. The van der Waals surface area contributed by atoms with Crippen LogP contribution in [0, 0.1) is 0 Å². The number of hydrogen-bond acceptors (Lipinski definition) is 3. The van der Waals surface area contributed by atoms with E-state index in [0.29, 0.717) is 13.0 Å². The zero-order chi connectivity index (χ0) is 16.7. The molecular weight excluding hydrogens is 290 g/mol. The lowest BCUT2D eigenvalue weighted by atomic mass is 10.1. The van der Waals surface area contributed by atoms with Crippen LogP contribution < -0.4 is 10.1 Å². The summed E-state index contributed by atoms with van der Waals surface area (Å²) in [4.78, 5) is 19.2. The average molecular weight is 315 g/mol. The van der Waals surface area contributed by atoms with Crippen molar-refractivity contribution in [1.29, 1.82) is 0 Å². The van der Waals surface area contributed by atoms with Gasteiger partial charge in [-0.1, -0.05) is 19.1 Å². The van der Waals surface area contributed by atoms with E-state index in [-0.39, 0.29) is 12.0 Å². The number of carbonyl (C=O) groups excluding carboxylic acids is 1. The number of ether oxygens (including phenoxy) is 1. The number of amides is 1. The minimum absolute atomic E-state index is 0.0123. The molecule has 1 amide bonds. The highest BCUT2D eigenvalue weighted by molar-refractivity contribution is 5.77. The molecule has 0 radical (unpaired) electrons.